The van der Waals surface area contributed by atoms with Gasteiger partial charge in [-0.2, -0.15) is 12.6 Å². The maximum atomic E-state index is 10.5. The van der Waals surface area contributed by atoms with E-state index in [1.54, 1.807) is 0 Å². The lowest BCUT2D eigenvalue weighted by Gasteiger charge is -2.17. The average Bonchev–Trinajstić information content (AvgIpc) is 1.59. The van der Waals surface area contributed by atoms with Crippen LogP contribution in [0.3, 0.4) is 0 Å². The minimum atomic E-state index is -0.466. The summed E-state index contributed by atoms with van der Waals surface area (Å²) in [5.41, 5.74) is 0. The number of rotatable bonds is 0. The van der Waals surface area contributed by atoms with E-state index >= 15 is 0 Å². The van der Waals surface area contributed by atoms with Crippen LogP contribution >= 0.6 is 12.6 Å². The molecule has 1 heterocycles. The van der Waals surface area contributed by atoms with Crippen molar-refractivity contribution in [3.63, 3.8) is 0 Å². The fraction of sp³-hybridized carbons (Fsp3) is 0.500. The monoisotopic (exact) mass is 146 g/mol. The van der Waals surface area contributed by atoms with Crippen molar-refractivity contribution in [2.45, 2.75) is 11.8 Å². The molecule has 5 heteroatoms. The second kappa shape index (κ2) is 2.26. The SMILES string of the molecule is O=C1CC(S)NC(=O)N1. The van der Waals surface area contributed by atoms with Crippen molar-refractivity contribution in [1.82, 2.24) is 10.6 Å². The van der Waals surface area contributed by atoms with Crippen LogP contribution in [0, 0.1) is 0 Å². The summed E-state index contributed by atoms with van der Waals surface area (Å²) in [4.78, 5) is 20.9. The van der Waals surface area contributed by atoms with E-state index in [4.69, 9.17) is 0 Å². The molecule has 1 aliphatic rings. The van der Waals surface area contributed by atoms with Gasteiger partial charge < -0.3 is 5.32 Å². The molecule has 1 atom stereocenters. The van der Waals surface area contributed by atoms with Crippen molar-refractivity contribution >= 4 is 24.6 Å². The van der Waals surface area contributed by atoms with Gasteiger partial charge in [0, 0.05) is 0 Å². The summed E-state index contributed by atoms with van der Waals surface area (Å²) in [7, 11) is 0. The van der Waals surface area contributed by atoms with Crippen LogP contribution < -0.4 is 10.6 Å². The molecule has 0 aromatic heterocycles. The van der Waals surface area contributed by atoms with Gasteiger partial charge >= 0.3 is 6.03 Å². The normalized spacial score (nSPS) is 27.0. The highest BCUT2D eigenvalue weighted by Crippen LogP contribution is 2.00. The first kappa shape index (κ1) is 6.41. The van der Waals surface area contributed by atoms with Crippen molar-refractivity contribution < 1.29 is 9.59 Å². The molecular formula is C4H6N2O2S. The maximum absolute atomic E-state index is 10.5. The molecule has 3 amide bonds. The first-order chi connectivity index (χ1) is 4.18. The molecule has 0 radical (unpaired) electrons. The number of carbonyl (C=O) groups is 2. The van der Waals surface area contributed by atoms with Crippen LogP contribution in [-0.4, -0.2) is 17.3 Å². The minimum absolute atomic E-state index is 0.245. The first-order valence-electron chi connectivity index (χ1n) is 2.47. The lowest BCUT2D eigenvalue weighted by atomic mass is 10.3. The van der Waals surface area contributed by atoms with Gasteiger partial charge in [-0.15, -0.1) is 0 Å². The Bertz CT molecular complexity index is 143. The Morgan fingerprint density at radius 2 is 2.22 bits per heavy atom. The van der Waals surface area contributed by atoms with E-state index in [-0.39, 0.29) is 17.7 Å². The maximum Gasteiger partial charge on any atom is 0.322 e. The standard InChI is InChI=1S/C4H6N2O2S/c7-2-1-3(9)6-4(8)5-2/h3,9H,1H2,(H2,5,6,7,8). The van der Waals surface area contributed by atoms with E-state index in [1.165, 1.54) is 0 Å². The van der Waals surface area contributed by atoms with E-state index in [9.17, 15) is 9.59 Å². The van der Waals surface area contributed by atoms with Crippen molar-refractivity contribution in [3.05, 3.63) is 0 Å². The Morgan fingerprint density at radius 3 is 2.67 bits per heavy atom. The number of imide groups is 1. The van der Waals surface area contributed by atoms with Gasteiger partial charge in [-0.3, -0.25) is 10.1 Å². The van der Waals surface area contributed by atoms with Gasteiger partial charge in [0.05, 0.1) is 11.8 Å². The second-order valence-corrected chi connectivity index (χ2v) is 2.36. The number of nitrogens with one attached hydrogen (secondary N) is 2. The van der Waals surface area contributed by atoms with Gasteiger partial charge in [-0.05, 0) is 0 Å². The lowest BCUT2D eigenvalue weighted by Crippen LogP contribution is -2.50. The molecule has 1 saturated heterocycles. The predicted octanol–water partition coefficient (Wildman–Crippen LogP) is -0.528. The Balaban J connectivity index is 2.53. The zero-order valence-electron chi connectivity index (χ0n) is 4.55. The molecule has 0 bridgehead atoms. The molecule has 1 rings (SSSR count). The molecule has 1 aliphatic heterocycles. The van der Waals surface area contributed by atoms with E-state index < -0.39 is 6.03 Å². The average molecular weight is 146 g/mol. The Morgan fingerprint density at radius 1 is 1.56 bits per heavy atom. The Hall–Kier alpha value is -0.710. The summed E-state index contributed by atoms with van der Waals surface area (Å²) >= 11 is 3.89. The third-order valence-electron chi connectivity index (χ3n) is 0.929. The number of thiol groups is 1. The predicted molar refractivity (Wildman–Crippen MR) is 34.1 cm³/mol. The highest BCUT2D eigenvalue weighted by molar-refractivity contribution is 7.81. The molecule has 1 fully saturated rings. The van der Waals surface area contributed by atoms with Crippen LogP contribution in [-0.2, 0) is 4.79 Å². The van der Waals surface area contributed by atoms with Crippen LogP contribution in [0.2, 0.25) is 0 Å². The van der Waals surface area contributed by atoms with Crippen LogP contribution in [0.1, 0.15) is 6.42 Å². The second-order valence-electron chi connectivity index (χ2n) is 1.74. The molecule has 0 aromatic carbocycles. The molecule has 9 heavy (non-hydrogen) atoms. The summed E-state index contributed by atoms with van der Waals surface area (Å²) in [6, 6.07) is -0.466. The largest absolute Gasteiger partial charge is 0.326 e. The topological polar surface area (TPSA) is 58.2 Å². The first-order valence-corrected chi connectivity index (χ1v) is 2.98. The van der Waals surface area contributed by atoms with Crippen molar-refractivity contribution in [3.8, 4) is 0 Å². The lowest BCUT2D eigenvalue weighted by molar-refractivity contribution is -0.120. The van der Waals surface area contributed by atoms with Gasteiger partial charge in [0.2, 0.25) is 5.91 Å². The molecule has 0 aromatic rings. The van der Waals surface area contributed by atoms with Gasteiger partial charge in [0.1, 0.15) is 0 Å². The molecule has 1 unspecified atom stereocenters. The summed E-state index contributed by atoms with van der Waals surface area (Å²) in [6.07, 6.45) is 0.245. The Kier molecular flexibility index (Phi) is 1.61. The molecule has 0 aliphatic carbocycles. The molecule has 2 N–H and O–H groups in total. The van der Waals surface area contributed by atoms with Gasteiger partial charge in [-0.25, -0.2) is 4.79 Å². The Labute approximate surface area is 57.4 Å². The molecule has 50 valence electrons. The summed E-state index contributed by atoms with van der Waals surface area (Å²) < 4.78 is 0. The molecule has 0 spiro atoms. The minimum Gasteiger partial charge on any atom is -0.326 e. The van der Waals surface area contributed by atoms with Crippen molar-refractivity contribution in [2.24, 2.45) is 0 Å². The number of hydrogen-bond acceptors (Lipinski definition) is 3. The highest BCUT2D eigenvalue weighted by atomic mass is 32.1. The van der Waals surface area contributed by atoms with Gasteiger partial charge in [0.25, 0.3) is 0 Å². The number of amides is 3. The molecule has 4 nitrogen and oxygen atoms in total. The fourth-order valence-corrected chi connectivity index (χ4v) is 0.875. The zero-order valence-corrected chi connectivity index (χ0v) is 5.44. The van der Waals surface area contributed by atoms with Crippen LogP contribution in [0.5, 0.6) is 0 Å². The number of hydrogen-bond donors (Lipinski definition) is 3. The third kappa shape index (κ3) is 1.60. The van der Waals surface area contributed by atoms with E-state index in [0.29, 0.717) is 0 Å². The van der Waals surface area contributed by atoms with Crippen LogP contribution in [0.15, 0.2) is 0 Å². The number of urea groups is 1. The van der Waals surface area contributed by atoms with Crippen LogP contribution in [0.4, 0.5) is 4.79 Å². The molecular weight excluding hydrogens is 140 g/mol. The van der Waals surface area contributed by atoms with E-state index in [1.807, 2.05) is 0 Å². The third-order valence-corrected chi connectivity index (χ3v) is 1.24. The van der Waals surface area contributed by atoms with Gasteiger partial charge in [-0.1, -0.05) is 0 Å². The molecule has 0 saturated carbocycles. The van der Waals surface area contributed by atoms with Crippen molar-refractivity contribution in [1.29, 1.82) is 0 Å². The quantitative estimate of drug-likeness (QED) is 0.402. The van der Waals surface area contributed by atoms with E-state index in [2.05, 4.69) is 23.3 Å². The zero-order chi connectivity index (χ0) is 6.85. The smallest absolute Gasteiger partial charge is 0.322 e. The van der Waals surface area contributed by atoms with Crippen molar-refractivity contribution in [2.75, 3.05) is 0 Å². The summed E-state index contributed by atoms with van der Waals surface area (Å²) in [5.74, 6) is -0.279. The summed E-state index contributed by atoms with van der Waals surface area (Å²) in [6.45, 7) is 0. The number of carbonyl (C=O) groups excluding carboxylic acids is 2. The fourth-order valence-electron chi connectivity index (χ4n) is 0.592. The van der Waals surface area contributed by atoms with Gasteiger partial charge in [0.15, 0.2) is 0 Å². The highest BCUT2D eigenvalue weighted by Gasteiger charge is 2.19. The summed E-state index contributed by atoms with van der Waals surface area (Å²) in [5, 5.41) is 4.15. The van der Waals surface area contributed by atoms with Crippen LogP contribution in [0.25, 0.3) is 0 Å². The van der Waals surface area contributed by atoms with E-state index in [0.717, 1.165) is 0 Å².